The summed E-state index contributed by atoms with van der Waals surface area (Å²) in [5.41, 5.74) is 1.29. The molecular weight excluding hydrogens is 390 g/mol. The summed E-state index contributed by atoms with van der Waals surface area (Å²) in [5, 5.41) is 5.64. The van der Waals surface area contributed by atoms with Gasteiger partial charge in [-0.15, -0.1) is 0 Å². The van der Waals surface area contributed by atoms with E-state index >= 15 is 0 Å². The Morgan fingerprint density at radius 1 is 1.17 bits per heavy atom. The maximum atomic E-state index is 12.3. The quantitative estimate of drug-likeness (QED) is 0.648. The van der Waals surface area contributed by atoms with Gasteiger partial charge in [0.15, 0.2) is 6.61 Å². The van der Waals surface area contributed by atoms with Gasteiger partial charge in [0, 0.05) is 26.2 Å². The van der Waals surface area contributed by atoms with Crippen molar-refractivity contribution < 1.29 is 14.3 Å². The monoisotopic (exact) mass is 409 g/mol. The number of amides is 2. The zero-order chi connectivity index (χ0) is 21.4. The predicted molar refractivity (Wildman–Crippen MR) is 110 cm³/mol. The van der Waals surface area contributed by atoms with Crippen LogP contribution in [-0.2, 0) is 30.1 Å². The van der Waals surface area contributed by atoms with Crippen LogP contribution in [0.15, 0.2) is 40.1 Å². The number of aryl methyl sites for hydroxylation is 2. The second-order valence-corrected chi connectivity index (χ2v) is 7.00. The van der Waals surface area contributed by atoms with Crippen LogP contribution in [0.4, 0.5) is 11.4 Å². The molecule has 10 nitrogen and oxygen atoms in total. The number of fused-ring (bicyclic) bond motifs is 2. The van der Waals surface area contributed by atoms with Crippen molar-refractivity contribution in [1.82, 2.24) is 14.1 Å². The molecule has 3 heterocycles. The molecule has 0 unspecified atom stereocenters. The SMILES string of the molecule is Cn1c(=O)c2cc(NC(=O)COc3ccc4c(c3)CCC(=O)N4)cnc2n(C)c1=O. The zero-order valence-corrected chi connectivity index (χ0v) is 16.4. The van der Waals surface area contributed by atoms with E-state index in [2.05, 4.69) is 15.6 Å². The number of carbonyl (C=O) groups is 2. The molecule has 2 amide bonds. The Labute approximate surface area is 170 Å². The predicted octanol–water partition coefficient (Wildman–Crippen LogP) is 0.534. The van der Waals surface area contributed by atoms with E-state index < -0.39 is 17.2 Å². The molecule has 0 saturated heterocycles. The summed E-state index contributed by atoms with van der Waals surface area (Å²) in [7, 11) is 2.90. The normalized spacial score (nSPS) is 12.9. The van der Waals surface area contributed by atoms with E-state index in [4.69, 9.17) is 4.74 Å². The van der Waals surface area contributed by atoms with E-state index in [0.29, 0.717) is 24.3 Å². The molecule has 2 N–H and O–H groups in total. The van der Waals surface area contributed by atoms with Crippen molar-refractivity contribution in [1.29, 1.82) is 0 Å². The molecule has 0 spiro atoms. The molecule has 1 aromatic carbocycles. The molecule has 0 radical (unpaired) electrons. The van der Waals surface area contributed by atoms with Crippen molar-refractivity contribution >= 4 is 34.2 Å². The van der Waals surface area contributed by atoms with Crippen molar-refractivity contribution in [2.45, 2.75) is 12.8 Å². The Morgan fingerprint density at radius 3 is 2.77 bits per heavy atom. The number of hydrogen-bond donors (Lipinski definition) is 2. The summed E-state index contributed by atoms with van der Waals surface area (Å²) in [6, 6.07) is 6.69. The molecule has 0 saturated carbocycles. The van der Waals surface area contributed by atoms with Gasteiger partial charge in [-0.3, -0.25) is 23.5 Å². The second-order valence-electron chi connectivity index (χ2n) is 7.00. The summed E-state index contributed by atoms with van der Waals surface area (Å²) in [6.45, 7) is -0.242. The molecule has 0 atom stereocenters. The maximum Gasteiger partial charge on any atom is 0.332 e. The number of benzene rings is 1. The highest BCUT2D eigenvalue weighted by molar-refractivity contribution is 5.94. The fourth-order valence-electron chi connectivity index (χ4n) is 3.33. The number of pyridine rings is 1. The van der Waals surface area contributed by atoms with E-state index in [1.165, 1.54) is 30.9 Å². The highest BCUT2D eigenvalue weighted by Crippen LogP contribution is 2.26. The Morgan fingerprint density at radius 2 is 1.97 bits per heavy atom. The Hall–Kier alpha value is -3.95. The lowest BCUT2D eigenvalue weighted by atomic mass is 10.0. The van der Waals surface area contributed by atoms with Crippen molar-refractivity contribution in [3.05, 3.63) is 56.9 Å². The molecule has 0 bridgehead atoms. The summed E-state index contributed by atoms with van der Waals surface area (Å²) in [5.74, 6) is 0.0683. The fraction of sp³-hybridized carbons (Fsp3) is 0.250. The minimum absolute atomic E-state index is 0.0190. The van der Waals surface area contributed by atoms with E-state index in [1.807, 2.05) is 0 Å². The third-order valence-electron chi connectivity index (χ3n) is 4.92. The molecule has 3 aromatic rings. The average molecular weight is 409 g/mol. The smallest absolute Gasteiger partial charge is 0.332 e. The van der Waals surface area contributed by atoms with Gasteiger partial charge in [0.2, 0.25) is 5.91 Å². The molecule has 1 aliphatic rings. The first-order valence-corrected chi connectivity index (χ1v) is 9.24. The zero-order valence-electron chi connectivity index (χ0n) is 16.4. The number of rotatable bonds is 4. The molecule has 0 aliphatic carbocycles. The van der Waals surface area contributed by atoms with Crippen LogP contribution < -0.4 is 26.6 Å². The van der Waals surface area contributed by atoms with Crippen LogP contribution in [0.25, 0.3) is 11.0 Å². The average Bonchev–Trinajstić information content (AvgIpc) is 2.74. The lowest BCUT2D eigenvalue weighted by molar-refractivity contribution is -0.118. The van der Waals surface area contributed by atoms with Crippen LogP contribution in [0.2, 0.25) is 0 Å². The summed E-state index contributed by atoms with van der Waals surface area (Å²) < 4.78 is 7.79. The summed E-state index contributed by atoms with van der Waals surface area (Å²) >= 11 is 0. The maximum absolute atomic E-state index is 12.3. The standard InChI is InChI=1S/C20H19N5O5/c1-24-18-14(19(28)25(2)20(24)29)8-12(9-21-18)22-17(27)10-30-13-4-5-15-11(7-13)3-6-16(26)23-15/h4-5,7-9H,3,6,10H2,1-2H3,(H,22,27)(H,23,26). The number of aromatic nitrogens is 3. The first-order chi connectivity index (χ1) is 14.3. The third-order valence-corrected chi connectivity index (χ3v) is 4.92. The molecule has 4 rings (SSSR count). The molecule has 10 heteroatoms. The van der Waals surface area contributed by atoms with Gasteiger partial charge in [-0.1, -0.05) is 0 Å². The minimum Gasteiger partial charge on any atom is -0.484 e. The summed E-state index contributed by atoms with van der Waals surface area (Å²) in [4.78, 5) is 52.1. The van der Waals surface area contributed by atoms with E-state index in [0.717, 1.165) is 15.8 Å². The van der Waals surface area contributed by atoms with Gasteiger partial charge < -0.3 is 15.4 Å². The number of carbonyl (C=O) groups excluding carboxylic acids is 2. The van der Waals surface area contributed by atoms with E-state index in [1.54, 1.807) is 18.2 Å². The second kappa shape index (κ2) is 7.47. The number of nitrogens with one attached hydrogen (secondary N) is 2. The highest BCUT2D eigenvalue weighted by Gasteiger charge is 2.16. The van der Waals surface area contributed by atoms with Gasteiger partial charge in [0.25, 0.3) is 11.5 Å². The van der Waals surface area contributed by atoms with Crippen molar-refractivity contribution in [2.75, 3.05) is 17.2 Å². The van der Waals surface area contributed by atoms with Gasteiger partial charge in [-0.05, 0) is 36.2 Å². The molecule has 30 heavy (non-hydrogen) atoms. The Kier molecular flexibility index (Phi) is 4.82. The Balaban J connectivity index is 1.47. The topological polar surface area (TPSA) is 124 Å². The first-order valence-electron chi connectivity index (χ1n) is 9.24. The van der Waals surface area contributed by atoms with E-state index in [9.17, 15) is 19.2 Å². The first kappa shape index (κ1) is 19.4. The number of nitrogens with zero attached hydrogens (tertiary/aromatic N) is 3. The molecule has 2 aromatic heterocycles. The van der Waals surface area contributed by atoms with Crippen LogP contribution in [0, 0.1) is 0 Å². The molecule has 154 valence electrons. The van der Waals surface area contributed by atoms with Crippen LogP contribution in [-0.4, -0.2) is 32.5 Å². The lowest BCUT2D eigenvalue weighted by Gasteiger charge is -2.17. The minimum atomic E-state index is -0.492. The molecular formula is C20H19N5O5. The molecule has 0 fully saturated rings. The number of anilines is 2. The van der Waals surface area contributed by atoms with Crippen molar-refractivity contribution in [2.24, 2.45) is 14.1 Å². The van der Waals surface area contributed by atoms with Gasteiger partial charge in [0.05, 0.1) is 17.3 Å². The number of hydrogen-bond acceptors (Lipinski definition) is 6. The summed E-state index contributed by atoms with van der Waals surface area (Å²) in [6.07, 6.45) is 2.41. The van der Waals surface area contributed by atoms with Crippen molar-refractivity contribution in [3.63, 3.8) is 0 Å². The third kappa shape index (κ3) is 3.54. The van der Waals surface area contributed by atoms with Gasteiger partial charge >= 0.3 is 5.69 Å². The van der Waals surface area contributed by atoms with Crippen molar-refractivity contribution in [3.8, 4) is 5.75 Å². The van der Waals surface area contributed by atoms with Crippen LogP contribution in [0.1, 0.15) is 12.0 Å². The Bertz CT molecular complexity index is 1310. The lowest BCUT2D eigenvalue weighted by Crippen LogP contribution is -2.37. The highest BCUT2D eigenvalue weighted by atomic mass is 16.5. The largest absolute Gasteiger partial charge is 0.484 e. The van der Waals surface area contributed by atoms with Gasteiger partial charge in [-0.2, -0.15) is 0 Å². The fourth-order valence-corrected chi connectivity index (χ4v) is 3.33. The molecule has 1 aliphatic heterocycles. The van der Waals surface area contributed by atoms with Gasteiger partial charge in [0.1, 0.15) is 11.4 Å². The van der Waals surface area contributed by atoms with E-state index in [-0.39, 0.29) is 23.5 Å². The van der Waals surface area contributed by atoms with Gasteiger partial charge in [-0.25, -0.2) is 9.78 Å². The van der Waals surface area contributed by atoms with Crippen LogP contribution in [0.5, 0.6) is 5.75 Å². The number of ether oxygens (including phenoxy) is 1. The van der Waals surface area contributed by atoms with Crippen LogP contribution in [0.3, 0.4) is 0 Å². The van der Waals surface area contributed by atoms with Crippen LogP contribution >= 0.6 is 0 Å².